The van der Waals surface area contributed by atoms with Crippen LogP contribution < -0.4 is 5.32 Å². The van der Waals surface area contributed by atoms with Crippen LogP contribution in [0.1, 0.15) is 26.2 Å². The van der Waals surface area contributed by atoms with Gasteiger partial charge in [-0.05, 0) is 12.8 Å². The molecule has 0 aromatic rings. The summed E-state index contributed by atoms with van der Waals surface area (Å²) in [7, 11) is 0. The van der Waals surface area contributed by atoms with Gasteiger partial charge in [0.15, 0.2) is 0 Å². The second kappa shape index (κ2) is 7.73. The summed E-state index contributed by atoms with van der Waals surface area (Å²) >= 11 is 0. The van der Waals surface area contributed by atoms with Gasteiger partial charge in [0.1, 0.15) is 0 Å². The fourth-order valence-corrected chi connectivity index (χ4v) is 0.935. The molecule has 0 aromatic carbocycles. The summed E-state index contributed by atoms with van der Waals surface area (Å²) in [6.07, 6.45) is -0.351. The van der Waals surface area contributed by atoms with Crippen LogP contribution in [0.3, 0.4) is 0 Å². The van der Waals surface area contributed by atoms with Crippen LogP contribution in [-0.4, -0.2) is 46.6 Å². The highest BCUT2D eigenvalue weighted by Crippen LogP contribution is 2.00. The summed E-state index contributed by atoms with van der Waals surface area (Å²) in [5, 5.41) is 29.4. The van der Waals surface area contributed by atoms with Crippen molar-refractivity contribution in [3.8, 4) is 0 Å². The normalized spacial score (nSPS) is 14.9. The molecule has 0 fully saturated rings. The number of hydrogen-bond acceptors (Lipinski definition) is 4. The van der Waals surface area contributed by atoms with Gasteiger partial charge in [-0.25, -0.2) is 0 Å². The highest BCUT2D eigenvalue weighted by molar-refractivity contribution is 5.75. The van der Waals surface area contributed by atoms with Crippen molar-refractivity contribution in [2.45, 2.75) is 38.4 Å². The average Bonchev–Trinajstić information content (AvgIpc) is 2.22. The van der Waals surface area contributed by atoms with E-state index in [9.17, 15) is 9.90 Å². The first-order valence-electron chi connectivity index (χ1n) is 4.83. The Hall–Kier alpha value is -0.650. The minimum Gasteiger partial charge on any atom is -0.394 e. The van der Waals surface area contributed by atoms with E-state index in [1.807, 2.05) is 0 Å². The molecule has 0 saturated heterocycles. The molecule has 1 amide bonds. The van der Waals surface area contributed by atoms with Crippen LogP contribution in [0.4, 0.5) is 0 Å². The molecule has 0 rings (SSSR count). The van der Waals surface area contributed by atoms with Crippen LogP contribution in [0.5, 0.6) is 0 Å². The van der Waals surface area contributed by atoms with E-state index < -0.39 is 12.2 Å². The highest BCUT2D eigenvalue weighted by Gasteiger charge is 2.09. The van der Waals surface area contributed by atoms with Gasteiger partial charge in [0.05, 0.1) is 18.8 Å². The van der Waals surface area contributed by atoms with Crippen molar-refractivity contribution in [3.63, 3.8) is 0 Å². The molecule has 2 atom stereocenters. The van der Waals surface area contributed by atoms with Crippen LogP contribution in [0.2, 0.25) is 0 Å². The molecule has 5 heteroatoms. The Bertz CT molecular complexity index is 163. The van der Waals surface area contributed by atoms with Crippen molar-refractivity contribution in [3.05, 3.63) is 0 Å². The number of nitrogens with one attached hydrogen (secondary N) is 1. The fourth-order valence-electron chi connectivity index (χ4n) is 0.935. The molecule has 4 N–H and O–H groups in total. The van der Waals surface area contributed by atoms with Gasteiger partial charge in [0.25, 0.3) is 0 Å². The van der Waals surface area contributed by atoms with Crippen LogP contribution in [0, 0.1) is 0 Å². The smallest absolute Gasteiger partial charge is 0.219 e. The zero-order valence-electron chi connectivity index (χ0n) is 8.44. The summed E-state index contributed by atoms with van der Waals surface area (Å²) < 4.78 is 0. The first-order valence-corrected chi connectivity index (χ1v) is 4.83. The second-order valence-corrected chi connectivity index (χ2v) is 3.23. The van der Waals surface area contributed by atoms with Crippen molar-refractivity contribution >= 4 is 5.91 Å². The minimum atomic E-state index is -0.786. The van der Waals surface area contributed by atoms with Crippen molar-refractivity contribution < 1.29 is 20.1 Å². The quantitative estimate of drug-likeness (QED) is 0.429. The summed E-state index contributed by atoms with van der Waals surface area (Å²) in [5.41, 5.74) is 0. The number of carbonyl (C=O) groups is 1. The molecule has 0 aliphatic rings. The third kappa shape index (κ3) is 6.82. The number of amides is 1. The maximum absolute atomic E-state index is 10.8. The molecule has 0 bridgehead atoms. The Morgan fingerprint density at radius 3 is 2.36 bits per heavy atom. The lowest BCUT2D eigenvalue weighted by atomic mass is 10.1. The number of hydrogen-bond donors (Lipinski definition) is 4. The van der Waals surface area contributed by atoms with E-state index in [1.165, 1.54) is 0 Å². The number of aliphatic hydroxyl groups is 3. The van der Waals surface area contributed by atoms with E-state index >= 15 is 0 Å². The molecule has 0 heterocycles. The molecular weight excluding hydrogens is 186 g/mol. The topological polar surface area (TPSA) is 89.8 Å². The standard InChI is InChI=1S/C9H19NO4/c1-2-9(14)10-5-7(12)3-4-8(13)6-11/h7-8,11-13H,2-6H2,1H3,(H,10,14)/t7-,8+/m1/s1. The molecule has 5 nitrogen and oxygen atoms in total. The summed E-state index contributed by atoms with van der Waals surface area (Å²) in [4.78, 5) is 10.8. The number of aliphatic hydroxyl groups excluding tert-OH is 3. The molecule has 84 valence electrons. The molecule has 14 heavy (non-hydrogen) atoms. The fraction of sp³-hybridized carbons (Fsp3) is 0.889. The van der Waals surface area contributed by atoms with E-state index in [1.54, 1.807) is 6.92 Å². The number of rotatable bonds is 7. The van der Waals surface area contributed by atoms with Crippen molar-refractivity contribution in [1.29, 1.82) is 0 Å². The Morgan fingerprint density at radius 1 is 1.29 bits per heavy atom. The zero-order valence-corrected chi connectivity index (χ0v) is 8.44. The van der Waals surface area contributed by atoms with Crippen molar-refractivity contribution in [2.75, 3.05) is 13.2 Å². The monoisotopic (exact) mass is 205 g/mol. The van der Waals surface area contributed by atoms with Gasteiger partial charge in [0.2, 0.25) is 5.91 Å². The Balaban J connectivity index is 3.45. The van der Waals surface area contributed by atoms with Gasteiger partial charge in [-0.1, -0.05) is 6.92 Å². The van der Waals surface area contributed by atoms with Crippen LogP contribution >= 0.6 is 0 Å². The summed E-state index contributed by atoms with van der Waals surface area (Å²) in [6.45, 7) is 1.64. The van der Waals surface area contributed by atoms with Crippen molar-refractivity contribution in [2.24, 2.45) is 0 Å². The molecule has 0 aliphatic carbocycles. The maximum Gasteiger partial charge on any atom is 0.219 e. The Labute approximate surface area is 83.8 Å². The second-order valence-electron chi connectivity index (χ2n) is 3.23. The summed E-state index contributed by atoms with van der Waals surface area (Å²) in [6, 6.07) is 0. The molecule has 0 saturated carbocycles. The van der Waals surface area contributed by atoms with Gasteiger partial charge in [-0.15, -0.1) is 0 Å². The predicted molar refractivity (Wildman–Crippen MR) is 51.6 cm³/mol. The van der Waals surface area contributed by atoms with Crippen LogP contribution in [-0.2, 0) is 4.79 Å². The van der Waals surface area contributed by atoms with Crippen LogP contribution in [0.25, 0.3) is 0 Å². The lowest BCUT2D eigenvalue weighted by Gasteiger charge is -2.13. The maximum atomic E-state index is 10.8. The third-order valence-corrected chi connectivity index (χ3v) is 1.90. The van der Waals surface area contributed by atoms with Gasteiger partial charge in [-0.2, -0.15) is 0 Å². The Kier molecular flexibility index (Phi) is 7.37. The van der Waals surface area contributed by atoms with E-state index in [0.29, 0.717) is 19.3 Å². The first-order chi connectivity index (χ1) is 6.60. The van der Waals surface area contributed by atoms with Crippen LogP contribution in [0.15, 0.2) is 0 Å². The average molecular weight is 205 g/mol. The van der Waals surface area contributed by atoms with Gasteiger partial charge in [-0.3, -0.25) is 4.79 Å². The lowest BCUT2D eigenvalue weighted by Crippen LogP contribution is -2.32. The van der Waals surface area contributed by atoms with E-state index in [2.05, 4.69) is 5.32 Å². The van der Waals surface area contributed by atoms with Gasteiger partial charge in [0, 0.05) is 13.0 Å². The van der Waals surface area contributed by atoms with E-state index in [4.69, 9.17) is 10.2 Å². The molecule has 0 aromatic heterocycles. The zero-order chi connectivity index (χ0) is 11.0. The molecule has 0 spiro atoms. The van der Waals surface area contributed by atoms with Gasteiger partial charge < -0.3 is 20.6 Å². The highest BCUT2D eigenvalue weighted by atomic mass is 16.3. The summed E-state index contributed by atoms with van der Waals surface area (Å²) in [5.74, 6) is -0.105. The molecule has 0 radical (unpaired) electrons. The molecule has 0 aliphatic heterocycles. The van der Waals surface area contributed by atoms with E-state index in [0.717, 1.165) is 0 Å². The number of carbonyl (C=O) groups excluding carboxylic acids is 1. The van der Waals surface area contributed by atoms with Gasteiger partial charge >= 0.3 is 0 Å². The SMILES string of the molecule is CCC(=O)NC[C@H](O)CC[C@H](O)CO. The Morgan fingerprint density at radius 2 is 1.86 bits per heavy atom. The predicted octanol–water partition coefficient (Wildman–Crippen LogP) is -0.993. The first kappa shape index (κ1) is 13.4. The minimum absolute atomic E-state index is 0.105. The lowest BCUT2D eigenvalue weighted by molar-refractivity contribution is -0.121. The molecule has 0 unspecified atom stereocenters. The third-order valence-electron chi connectivity index (χ3n) is 1.90. The molecular formula is C9H19NO4. The van der Waals surface area contributed by atoms with E-state index in [-0.39, 0.29) is 19.1 Å². The largest absolute Gasteiger partial charge is 0.394 e. The van der Waals surface area contributed by atoms with Crippen molar-refractivity contribution in [1.82, 2.24) is 5.32 Å².